The Labute approximate surface area is 138 Å². The maximum Gasteiger partial charge on any atom is 0.275 e. The maximum absolute atomic E-state index is 12.9. The molecular formula is C18H15FN4O. The van der Waals surface area contributed by atoms with Gasteiger partial charge in [0.05, 0.1) is 6.20 Å². The van der Waals surface area contributed by atoms with Gasteiger partial charge in [-0.3, -0.25) is 9.78 Å². The average Bonchev–Trinajstić information content (AvgIpc) is 2.57. The normalized spacial score (nSPS) is 10.5. The number of aryl methyl sites for hydroxylation is 2. The molecule has 0 saturated heterocycles. The summed E-state index contributed by atoms with van der Waals surface area (Å²) in [6.45, 7) is 3.80. The summed E-state index contributed by atoms with van der Waals surface area (Å²) >= 11 is 0. The van der Waals surface area contributed by atoms with E-state index in [2.05, 4.69) is 20.3 Å². The molecule has 0 radical (unpaired) electrons. The van der Waals surface area contributed by atoms with Gasteiger partial charge >= 0.3 is 0 Å². The Bertz CT molecular complexity index is 894. The molecule has 1 amide bonds. The van der Waals surface area contributed by atoms with E-state index in [9.17, 15) is 9.18 Å². The minimum Gasteiger partial charge on any atom is -0.305 e. The first kappa shape index (κ1) is 15.7. The van der Waals surface area contributed by atoms with E-state index in [1.807, 2.05) is 26.0 Å². The van der Waals surface area contributed by atoms with E-state index in [-0.39, 0.29) is 11.5 Å². The molecule has 0 aliphatic rings. The molecular weight excluding hydrogens is 307 g/mol. The number of rotatable bonds is 3. The molecule has 0 aliphatic carbocycles. The van der Waals surface area contributed by atoms with E-state index in [4.69, 9.17) is 0 Å². The summed E-state index contributed by atoms with van der Waals surface area (Å²) in [5, 5.41) is 2.61. The van der Waals surface area contributed by atoms with Crippen LogP contribution in [0.3, 0.4) is 0 Å². The van der Waals surface area contributed by atoms with Crippen LogP contribution in [0.5, 0.6) is 0 Å². The first-order chi connectivity index (χ1) is 11.5. The highest BCUT2D eigenvalue weighted by Crippen LogP contribution is 2.23. The molecule has 0 unspecified atom stereocenters. The molecule has 3 aromatic heterocycles. The van der Waals surface area contributed by atoms with Crippen molar-refractivity contribution in [3.8, 4) is 11.1 Å². The Kier molecular flexibility index (Phi) is 4.29. The van der Waals surface area contributed by atoms with E-state index in [0.717, 1.165) is 22.9 Å². The lowest BCUT2D eigenvalue weighted by Gasteiger charge is -2.09. The SMILES string of the molecule is Cc1cc(-c2cnccc2C)cc(C(=O)Nc2ccc(F)cn2)n1. The van der Waals surface area contributed by atoms with Gasteiger partial charge in [0.1, 0.15) is 17.3 Å². The molecule has 24 heavy (non-hydrogen) atoms. The Morgan fingerprint density at radius 2 is 1.96 bits per heavy atom. The Morgan fingerprint density at radius 1 is 1.12 bits per heavy atom. The lowest BCUT2D eigenvalue weighted by Crippen LogP contribution is -2.15. The fourth-order valence-corrected chi connectivity index (χ4v) is 2.34. The molecule has 0 saturated carbocycles. The van der Waals surface area contributed by atoms with Gasteiger partial charge < -0.3 is 5.32 Å². The van der Waals surface area contributed by atoms with Gasteiger partial charge in [-0.1, -0.05) is 0 Å². The molecule has 0 bridgehead atoms. The molecule has 0 fully saturated rings. The Morgan fingerprint density at radius 3 is 2.67 bits per heavy atom. The molecule has 3 aromatic rings. The van der Waals surface area contributed by atoms with Gasteiger partial charge in [-0.15, -0.1) is 0 Å². The summed E-state index contributed by atoms with van der Waals surface area (Å²) < 4.78 is 12.9. The zero-order valence-corrected chi connectivity index (χ0v) is 13.2. The van der Waals surface area contributed by atoms with E-state index in [0.29, 0.717) is 5.69 Å². The minimum atomic E-state index is -0.462. The number of nitrogens with one attached hydrogen (secondary N) is 1. The summed E-state index contributed by atoms with van der Waals surface area (Å²) in [5.74, 6) is -0.597. The molecule has 5 nitrogen and oxygen atoms in total. The standard InChI is InChI=1S/C18H15FN4O/c1-11-5-6-20-10-15(11)13-7-12(2)22-16(8-13)18(24)23-17-4-3-14(19)9-21-17/h3-10H,1-2H3,(H,21,23,24). The number of anilines is 1. The fourth-order valence-electron chi connectivity index (χ4n) is 2.34. The molecule has 120 valence electrons. The molecule has 1 N–H and O–H groups in total. The van der Waals surface area contributed by atoms with Crippen LogP contribution in [0, 0.1) is 19.7 Å². The van der Waals surface area contributed by atoms with E-state index in [1.165, 1.54) is 12.1 Å². The zero-order valence-electron chi connectivity index (χ0n) is 13.2. The fraction of sp³-hybridized carbons (Fsp3) is 0.111. The number of halogens is 1. The second kappa shape index (κ2) is 6.54. The number of carbonyl (C=O) groups excluding carboxylic acids is 1. The quantitative estimate of drug-likeness (QED) is 0.801. The monoisotopic (exact) mass is 322 g/mol. The highest BCUT2D eigenvalue weighted by molar-refractivity contribution is 6.03. The van der Waals surface area contributed by atoms with Crippen molar-refractivity contribution in [2.24, 2.45) is 0 Å². The summed E-state index contributed by atoms with van der Waals surface area (Å²) in [6, 6.07) is 8.14. The van der Waals surface area contributed by atoms with Crippen LogP contribution in [0.25, 0.3) is 11.1 Å². The third-order valence-corrected chi connectivity index (χ3v) is 3.51. The summed E-state index contributed by atoms with van der Waals surface area (Å²) in [5.41, 5.74) is 3.84. The van der Waals surface area contributed by atoms with Gasteiger partial charge in [-0.25, -0.2) is 14.4 Å². The van der Waals surface area contributed by atoms with Gasteiger partial charge in [-0.2, -0.15) is 0 Å². The van der Waals surface area contributed by atoms with Gasteiger partial charge in [0.2, 0.25) is 0 Å². The number of pyridine rings is 3. The Hall–Kier alpha value is -3.15. The summed E-state index contributed by atoms with van der Waals surface area (Å²) in [6.07, 6.45) is 4.53. The largest absolute Gasteiger partial charge is 0.305 e. The first-order valence-electron chi connectivity index (χ1n) is 7.35. The van der Waals surface area contributed by atoms with E-state index >= 15 is 0 Å². The predicted octanol–water partition coefficient (Wildman–Crippen LogP) is 3.55. The van der Waals surface area contributed by atoms with Crippen LogP contribution < -0.4 is 5.32 Å². The van der Waals surface area contributed by atoms with Crippen molar-refractivity contribution < 1.29 is 9.18 Å². The van der Waals surface area contributed by atoms with Gasteiger partial charge in [0.15, 0.2) is 0 Å². The number of amides is 1. The molecule has 0 spiro atoms. The van der Waals surface area contributed by atoms with Crippen molar-refractivity contribution in [1.82, 2.24) is 15.0 Å². The van der Waals surface area contributed by atoms with E-state index < -0.39 is 11.7 Å². The van der Waals surface area contributed by atoms with Crippen molar-refractivity contribution in [3.63, 3.8) is 0 Å². The molecule has 0 atom stereocenters. The maximum atomic E-state index is 12.9. The lowest BCUT2D eigenvalue weighted by atomic mass is 10.0. The van der Waals surface area contributed by atoms with Crippen LogP contribution in [-0.2, 0) is 0 Å². The summed E-state index contributed by atoms with van der Waals surface area (Å²) in [7, 11) is 0. The smallest absolute Gasteiger partial charge is 0.275 e. The zero-order chi connectivity index (χ0) is 17.1. The van der Waals surface area contributed by atoms with Crippen molar-refractivity contribution in [3.05, 3.63) is 71.7 Å². The van der Waals surface area contributed by atoms with Crippen LogP contribution in [0.1, 0.15) is 21.7 Å². The highest BCUT2D eigenvalue weighted by atomic mass is 19.1. The van der Waals surface area contributed by atoms with Gasteiger partial charge in [0, 0.05) is 23.7 Å². The highest BCUT2D eigenvalue weighted by Gasteiger charge is 2.12. The van der Waals surface area contributed by atoms with Crippen molar-refractivity contribution in [1.29, 1.82) is 0 Å². The van der Waals surface area contributed by atoms with Crippen LogP contribution in [0.2, 0.25) is 0 Å². The molecule has 0 aromatic carbocycles. The van der Waals surface area contributed by atoms with Crippen LogP contribution >= 0.6 is 0 Å². The molecule has 3 rings (SSSR count). The number of nitrogens with zero attached hydrogens (tertiary/aromatic N) is 3. The number of hydrogen-bond donors (Lipinski definition) is 1. The summed E-state index contributed by atoms with van der Waals surface area (Å²) in [4.78, 5) is 24.6. The van der Waals surface area contributed by atoms with Crippen molar-refractivity contribution >= 4 is 11.7 Å². The van der Waals surface area contributed by atoms with Crippen molar-refractivity contribution in [2.45, 2.75) is 13.8 Å². The third-order valence-electron chi connectivity index (χ3n) is 3.51. The number of carbonyl (C=O) groups is 1. The van der Waals surface area contributed by atoms with Crippen LogP contribution in [-0.4, -0.2) is 20.9 Å². The van der Waals surface area contributed by atoms with Crippen LogP contribution in [0.4, 0.5) is 10.2 Å². The third kappa shape index (κ3) is 3.43. The second-order valence-corrected chi connectivity index (χ2v) is 5.39. The second-order valence-electron chi connectivity index (χ2n) is 5.39. The lowest BCUT2D eigenvalue weighted by molar-refractivity contribution is 0.102. The van der Waals surface area contributed by atoms with E-state index in [1.54, 1.807) is 18.5 Å². The van der Waals surface area contributed by atoms with Crippen LogP contribution in [0.15, 0.2) is 48.9 Å². The Balaban J connectivity index is 1.92. The molecule has 3 heterocycles. The van der Waals surface area contributed by atoms with Gasteiger partial charge in [-0.05, 0) is 55.3 Å². The first-order valence-corrected chi connectivity index (χ1v) is 7.35. The number of aromatic nitrogens is 3. The topological polar surface area (TPSA) is 67.8 Å². The van der Waals surface area contributed by atoms with Crippen molar-refractivity contribution in [2.75, 3.05) is 5.32 Å². The molecule has 0 aliphatic heterocycles. The minimum absolute atomic E-state index is 0.263. The van der Waals surface area contributed by atoms with Gasteiger partial charge in [0.25, 0.3) is 5.91 Å². The number of hydrogen-bond acceptors (Lipinski definition) is 4. The molecule has 6 heteroatoms. The predicted molar refractivity (Wildman–Crippen MR) is 89.1 cm³/mol. The average molecular weight is 322 g/mol.